The van der Waals surface area contributed by atoms with Crippen molar-refractivity contribution in [3.05, 3.63) is 82.9 Å². The number of aromatic amines is 1. The van der Waals surface area contributed by atoms with Gasteiger partial charge in [-0.15, -0.1) is 0 Å². The molecule has 0 aliphatic rings. The smallest absolute Gasteiger partial charge is 0.229 e. The van der Waals surface area contributed by atoms with E-state index < -0.39 is 15.8 Å². The number of nitrogens with one attached hydrogen (secondary N) is 2. The van der Waals surface area contributed by atoms with Gasteiger partial charge in [0.05, 0.1) is 28.0 Å². The molecule has 0 aliphatic carbocycles. The molecule has 0 saturated carbocycles. The van der Waals surface area contributed by atoms with Gasteiger partial charge in [-0.05, 0) is 47.5 Å². The second kappa shape index (κ2) is 7.93. The summed E-state index contributed by atoms with van der Waals surface area (Å²) in [7, 11) is -3.40. The predicted molar refractivity (Wildman–Crippen MR) is 120 cm³/mol. The van der Waals surface area contributed by atoms with E-state index in [1.165, 1.54) is 6.07 Å². The molecule has 4 aromatic rings. The van der Waals surface area contributed by atoms with Gasteiger partial charge in [0, 0.05) is 5.56 Å². The number of para-hydroxylation sites is 1. The molecule has 0 spiro atoms. The first kappa shape index (κ1) is 20.1. The van der Waals surface area contributed by atoms with Crippen molar-refractivity contribution in [3.8, 4) is 11.1 Å². The summed E-state index contributed by atoms with van der Waals surface area (Å²) in [5.41, 5.74) is 4.44. The first-order chi connectivity index (χ1) is 14.3. The van der Waals surface area contributed by atoms with Gasteiger partial charge in [0.1, 0.15) is 11.6 Å². The molecular weight excluding hydrogens is 425 g/mol. The quantitative estimate of drug-likeness (QED) is 0.425. The molecule has 0 radical (unpaired) electrons. The average molecular weight is 442 g/mol. The molecule has 2 N–H and O–H groups in total. The maximum Gasteiger partial charge on any atom is 0.229 e. The van der Waals surface area contributed by atoms with E-state index in [4.69, 9.17) is 11.6 Å². The van der Waals surface area contributed by atoms with E-state index in [2.05, 4.69) is 14.7 Å². The fourth-order valence-electron chi connectivity index (χ4n) is 3.09. The number of sulfonamides is 1. The summed E-state index contributed by atoms with van der Waals surface area (Å²) < 4.78 is 39.2. The number of H-pyrrole nitrogens is 1. The maximum atomic E-state index is 13.3. The largest absolute Gasteiger partial charge is 0.338 e. The lowest BCUT2D eigenvalue weighted by Gasteiger charge is -2.10. The van der Waals surface area contributed by atoms with Crippen LogP contribution in [0.1, 0.15) is 11.4 Å². The third-order valence-electron chi connectivity index (χ3n) is 4.41. The molecule has 0 atom stereocenters. The lowest BCUT2D eigenvalue weighted by atomic mass is 10.0. The predicted octanol–water partition coefficient (Wildman–Crippen LogP) is 5.56. The van der Waals surface area contributed by atoms with E-state index in [1.54, 1.807) is 36.4 Å². The zero-order valence-corrected chi connectivity index (χ0v) is 17.4. The topological polar surface area (TPSA) is 74.8 Å². The molecule has 0 bridgehead atoms. The van der Waals surface area contributed by atoms with Gasteiger partial charge in [-0.25, -0.2) is 17.8 Å². The number of rotatable bonds is 5. The molecule has 4 rings (SSSR count). The van der Waals surface area contributed by atoms with Gasteiger partial charge in [0.15, 0.2) is 0 Å². The number of benzene rings is 3. The van der Waals surface area contributed by atoms with Crippen molar-refractivity contribution in [2.45, 2.75) is 0 Å². The summed E-state index contributed by atoms with van der Waals surface area (Å²) in [4.78, 5) is 7.75. The summed E-state index contributed by atoms with van der Waals surface area (Å²) in [6.45, 7) is 0. The Morgan fingerprint density at radius 2 is 1.87 bits per heavy atom. The normalized spacial score (nSPS) is 12.0. The van der Waals surface area contributed by atoms with E-state index in [9.17, 15) is 12.8 Å². The van der Waals surface area contributed by atoms with Crippen LogP contribution < -0.4 is 4.72 Å². The lowest BCUT2D eigenvalue weighted by Crippen LogP contribution is -2.10. The zero-order chi connectivity index (χ0) is 21.3. The molecule has 3 aromatic carbocycles. The number of nitrogens with zero attached hydrogens (tertiary/aromatic N) is 1. The molecule has 0 fully saturated rings. The van der Waals surface area contributed by atoms with Crippen LogP contribution in [0.2, 0.25) is 5.02 Å². The van der Waals surface area contributed by atoms with Gasteiger partial charge < -0.3 is 4.98 Å². The minimum absolute atomic E-state index is 0.0627. The number of fused-ring (bicyclic) bond motifs is 1. The third-order valence-corrected chi connectivity index (χ3v) is 5.29. The van der Waals surface area contributed by atoms with Crippen LogP contribution in [0.25, 0.3) is 34.3 Å². The minimum atomic E-state index is -3.40. The zero-order valence-electron chi connectivity index (χ0n) is 15.9. The van der Waals surface area contributed by atoms with Gasteiger partial charge in [-0.1, -0.05) is 48.0 Å². The second-order valence-corrected chi connectivity index (χ2v) is 8.94. The standard InChI is InChI=1S/C22H17ClFN3O2S/c1-30(28,29)27-19-5-3-2-4-16(19)15-8-10-20-21(13-15)26-22(25-20)11-7-14-6-9-18(24)17(23)12-14/h2-13,27H,1H3,(H,25,26). The third kappa shape index (κ3) is 4.53. The molecule has 0 unspecified atom stereocenters. The molecule has 0 aliphatic heterocycles. The van der Waals surface area contributed by atoms with Crippen molar-refractivity contribution >= 4 is 50.5 Å². The van der Waals surface area contributed by atoms with E-state index in [1.807, 2.05) is 30.3 Å². The molecule has 8 heteroatoms. The van der Waals surface area contributed by atoms with Gasteiger partial charge in [-0.2, -0.15) is 0 Å². The summed E-state index contributed by atoms with van der Waals surface area (Å²) in [5, 5.41) is 0.0627. The highest BCUT2D eigenvalue weighted by Gasteiger charge is 2.10. The van der Waals surface area contributed by atoms with Crippen LogP contribution in [0.5, 0.6) is 0 Å². The van der Waals surface area contributed by atoms with Crippen molar-refractivity contribution in [1.82, 2.24) is 9.97 Å². The Labute approximate surface area is 178 Å². The highest BCUT2D eigenvalue weighted by molar-refractivity contribution is 7.92. The summed E-state index contributed by atoms with van der Waals surface area (Å²) >= 11 is 5.81. The molecule has 30 heavy (non-hydrogen) atoms. The number of imidazole rings is 1. The van der Waals surface area contributed by atoms with Crippen molar-refractivity contribution in [3.63, 3.8) is 0 Å². The Morgan fingerprint density at radius 3 is 2.63 bits per heavy atom. The van der Waals surface area contributed by atoms with Crippen LogP contribution in [0, 0.1) is 5.82 Å². The molecular formula is C22H17ClFN3O2S. The van der Waals surface area contributed by atoms with Crippen molar-refractivity contribution < 1.29 is 12.8 Å². The molecule has 1 heterocycles. The summed E-state index contributed by atoms with van der Waals surface area (Å²) in [5.74, 6) is 0.167. The fraction of sp³-hybridized carbons (Fsp3) is 0.0455. The molecule has 152 valence electrons. The van der Waals surface area contributed by atoms with Crippen LogP contribution in [-0.4, -0.2) is 24.6 Å². The van der Waals surface area contributed by atoms with Gasteiger partial charge in [-0.3, -0.25) is 4.72 Å². The Hall–Kier alpha value is -3.16. The van der Waals surface area contributed by atoms with E-state index >= 15 is 0 Å². The SMILES string of the molecule is CS(=O)(=O)Nc1ccccc1-c1ccc2nc(C=Cc3ccc(F)c(Cl)c3)[nH]c2c1. The summed E-state index contributed by atoms with van der Waals surface area (Å²) in [6, 6.07) is 17.3. The van der Waals surface area contributed by atoms with Crippen LogP contribution in [-0.2, 0) is 10.0 Å². The number of aromatic nitrogens is 2. The van der Waals surface area contributed by atoms with Gasteiger partial charge in [0.25, 0.3) is 0 Å². The highest BCUT2D eigenvalue weighted by atomic mass is 35.5. The monoisotopic (exact) mass is 441 g/mol. The number of hydrogen-bond acceptors (Lipinski definition) is 3. The molecule has 0 amide bonds. The van der Waals surface area contributed by atoms with Crippen molar-refractivity contribution in [1.29, 1.82) is 0 Å². The van der Waals surface area contributed by atoms with E-state index in [-0.39, 0.29) is 5.02 Å². The first-order valence-corrected chi connectivity index (χ1v) is 11.3. The van der Waals surface area contributed by atoms with E-state index in [0.717, 1.165) is 34.0 Å². The Kier molecular flexibility index (Phi) is 5.32. The fourth-order valence-corrected chi connectivity index (χ4v) is 3.86. The number of hydrogen-bond donors (Lipinski definition) is 2. The van der Waals surface area contributed by atoms with Crippen LogP contribution in [0.4, 0.5) is 10.1 Å². The second-order valence-electron chi connectivity index (χ2n) is 6.78. The summed E-state index contributed by atoms with van der Waals surface area (Å²) in [6.07, 6.45) is 4.69. The Morgan fingerprint density at radius 1 is 1.07 bits per heavy atom. The Bertz CT molecular complexity index is 1380. The average Bonchev–Trinajstić information content (AvgIpc) is 3.10. The minimum Gasteiger partial charge on any atom is -0.338 e. The Balaban J connectivity index is 1.67. The molecule has 0 saturated heterocycles. The first-order valence-electron chi connectivity index (χ1n) is 8.98. The van der Waals surface area contributed by atoms with Crippen molar-refractivity contribution in [2.75, 3.05) is 11.0 Å². The molecule has 1 aromatic heterocycles. The lowest BCUT2D eigenvalue weighted by molar-refractivity contribution is 0.607. The van der Waals surface area contributed by atoms with Crippen LogP contribution in [0.15, 0.2) is 60.7 Å². The maximum absolute atomic E-state index is 13.3. The van der Waals surface area contributed by atoms with Crippen LogP contribution in [0.3, 0.4) is 0 Å². The van der Waals surface area contributed by atoms with Gasteiger partial charge >= 0.3 is 0 Å². The number of halogens is 2. The van der Waals surface area contributed by atoms with E-state index in [0.29, 0.717) is 11.5 Å². The van der Waals surface area contributed by atoms with Crippen molar-refractivity contribution in [2.24, 2.45) is 0 Å². The van der Waals surface area contributed by atoms with Crippen LogP contribution >= 0.6 is 11.6 Å². The van der Waals surface area contributed by atoms with Gasteiger partial charge in [0.2, 0.25) is 10.0 Å². The highest BCUT2D eigenvalue weighted by Crippen LogP contribution is 2.30. The molecule has 5 nitrogen and oxygen atoms in total. The number of anilines is 1.